The van der Waals surface area contributed by atoms with Gasteiger partial charge in [0, 0.05) is 6.42 Å². The minimum absolute atomic E-state index is 0.287. The van der Waals surface area contributed by atoms with Crippen molar-refractivity contribution in [3.63, 3.8) is 0 Å². The first kappa shape index (κ1) is 7.34. The summed E-state index contributed by atoms with van der Waals surface area (Å²) in [4.78, 5) is 14.6. The molecule has 2 rings (SSSR count). The van der Waals surface area contributed by atoms with E-state index >= 15 is 0 Å². The summed E-state index contributed by atoms with van der Waals surface area (Å²) in [5.41, 5.74) is 0.924. The van der Waals surface area contributed by atoms with Crippen LogP contribution in [0.2, 0.25) is 0 Å². The van der Waals surface area contributed by atoms with Crippen molar-refractivity contribution < 1.29 is 14.3 Å². The monoisotopic (exact) mass is 167 g/mol. The molecule has 0 aromatic carbocycles. The van der Waals surface area contributed by atoms with Crippen LogP contribution in [-0.2, 0) is 17.6 Å². The fourth-order valence-electron chi connectivity index (χ4n) is 1.51. The largest absolute Gasteiger partial charge is 0.481 e. The molecular formula is C8H9NO3. The van der Waals surface area contributed by atoms with E-state index in [1.54, 1.807) is 0 Å². The van der Waals surface area contributed by atoms with Gasteiger partial charge in [-0.1, -0.05) is 0 Å². The normalized spacial score (nSPS) is 21.8. The molecule has 0 radical (unpaired) electrons. The number of nitrogens with zero attached hydrogens (tertiary/aromatic N) is 1. The lowest BCUT2D eigenvalue weighted by Crippen LogP contribution is -2.21. The fraction of sp³-hybridized carbons (Fsp3) is 0.500. The number of hydrogen-bond acceptors (Lipinski definition) is 3. The molecular weight excluding hydrogens is 158 g/mol. The van der Waals surface area contributed by atoms with Crippen LogP contribution in [0, 0.1) is 5.92 Å². The van der Waals surface area contributed by atoms with Crippen molar-refractivity contribution in [2.24, 2.45) is 5.92 Å². The van der Waals surface area contributed by atoms with E-state index in [-0.39, 0.29) is 5.92 Å². The molecule has 0 saturated heterocycles. The van der Waals surface area contributed by atoms with Gasteiger partial charge >= 0.3 is 5.97 Å². The molecule has 1 aliphatic carbocycles. The maximum atomic E-state index is 10.6. The van der Waals surface area contributed by atoms with Gasteiger partial charge in [-0.3, -0.25) is 4.79 Å². The summed E-state index contributed by atoms with van der Waals surface area (Å²) in [6.07, 6.45) is 3.28. The van der Waals surface area contributed by atoms with E-state index in [0.29, 0.717) is 12.8 Å². The van der Waals surface area contributed by atoms with Crippen LogP contribution in [0.5, 0.6) is 0 Å². The van der Waals surface area contributed by atoms with Gasteiger partial charge in [-0.2, -0.15) is 0 Å². The molecule has 1 atom stereocenters. The molecule has 1 unspecified atom stereocenters. The zero-order valence-electron chi connectivity index (χ0n) is 6.49. The summed E-state index contributed by atoms with van der Waals surface area (Å²) in [7, 11) is 0. The third-order valence-electron chi connectivity index (χ3n) is 2.24. The Balaban J connectivity index is 2.20. The summed E-state index contributed by atoms with van der Waals surface area (Å²) in [6.45, 7) is 0. The third-order valence-corrected chi connectivity index (χ3v) is 2.24. The molecule has 1 aromatic heterocycles. The van der Waals surface area contributed by atoms with Gasteiger partial charge in [-0.05, 0) is 12.8 Å². The van der Waals surface area contributed by atoms with Gasteiger partial charge in [-0.25, -0.2) is 4.98 Å². The molecule has 4 heteroatoms. The molecule has 0 spiro atoms. The van der Waals surface area contributed by atoms with Gasteiger partial charge in [-0.15, -0.1) is 0 Å². The Hall–Kier alpha value is -1.32. The molecule has 0 fully saturated rings. The second-order valence-electron chi connectivity index (χ2n) is 3.00. The Morgan fingerprint density at radius 2 is 2.58 bits per heavy atom. The van der Waals surface area contributed by atoms with Gasteiger partial charge < -0.3 is 9.52 Å². The van der Waals surface area contributed by atoms with Crippen LogP contribution >= 0.6 is 0 Å². The molecule has 1 heterocycles. The van der Waals surface area contributed by atoms with Crippen LogP contribution < -0.4 is 0 Å². The topological polar surface area (TPSA) is 63.3 Å². The average molecular weight is 167 g/mol. The maximum Gasteiger partial charge on any atom is 0.306 e. The highest BCUT2D eigenvalue weighted by Gasteiger charge is 2.26. The van der Waals surface area contributed by atoms with Gasteiger partial charge in [0.1, 0.15) is 5.76 Å². The highest BCUT2D eigenvalue weighted by Crippen LogP contribution is 2.24. The number of oxazole rings is 1. The minimum atomic E-state index is -0.739. The summed E-state index contributed by atoms with van der Waals surface area (Å²) in [5, 5.41) is 8.74. The van der Waals surface area contributed by atoms with Gasteiger partial charge in [0.2, 0.25) is 0 Å². The molecule has 1 aliphatic rings. The lowest BCUT2D eigenvalue weighted by molar-refractivity contribution is -0.142. The first-order chi connectivity index (χ1) is 5.77. The summed E-state index contributed by atoms with van der Waals surface area (Å²) < 4.78 is 5.06. The highest BCUT2D eigenvalue weighted by atomic mass is 16.4. The van der Waals surface area contributed by atoms with Gasteiger partial charge in [0.25, 0.3) is 0 Å². The van der Waals surface area contributed by atoms with E-state index in [1.165, 1.54) is 6.39 Å². The van der Waals surface area contributed by atoms with Crippen molar-refractivity contribution >= 4 is 5.97 Å². The van der Waals surface area contributed by atoms with Gasteiger partial charge in [0.05, 0.1) is 11.6 Å². The number of aromatic nitrogens is 1. The number of hydrogen-bond donors (Lipinski definition) is 1. The van der Waals surface area contributed by atoms with Crippen LogP contribution in [0.4, 0.5) is 0 Å². The number of carboxylic acids is 1. The van der Waals surface area contributed by atoms with E-state index < -0.39 is 5.97 Å². The van der Waals surface area contributed by atoms with E-state index in [2.05, 4.69) is 4.98 Å². The lowest BCUT2D eigenvalue weighted by Gasteiger charge is -2.15. The Morgan fingerprint density at radius 1 is 1.75 bits per heavy atom. The standard InChI is InChI=1S/C8H9NO3/c10-8(11)5-1-2-6-7(3-5)12-4-9-6/h4-5H,1-3H2,(H,10,11). The SMILES string of the molecule is O=C(O)C1CCc2ncoc2C1. The first-order valence-corrected chi connectivity index (χ1v) is 3.91. The molecule has 4 nitrogen and oxygen atoms in total. The van der Waals surface area contributed by atoms with E-state index in [1.807, 2.05) is 0 Å². The third kappa shape index (κ3) is 1.09. The molecule has 0 aliphatic heterocycles. The number of carbonyl (C=O) groups is 1. The van der Waals surface area contributed by atoms with Crippen molar-refractivity contribution in [1.29, 1.82) is 0 Å². The second kappa shape index (κ2) is 2.62. The second-order valence-corrected chi connectivity index (χ2v) is 3.00. The van der Waals surface area contributed by atoms with Crippen LogP contribution in [0.25, 0.3) is 0 Å². The Kier molecular flexibility index (Phi) is 1.60. The molecule has 1 N–H and O–H groups in total. The highest BCUT2D eigenvalue weighted by molar-refractivity contribution is 5.70. The van der Waals surface area contributed by atoms with Crippen LogP contribution in [0.3, 0.4) is 0 Å². The summed E-state index contributed by atoms with van der Waals surface area (Å²) in [5.74, 6) is -0.281. The fourth-order valence-corrected chi connectivity index (χ4v) is 1.51. The number of aryl methyl sites for hydroxylation is 1. The predicted molar refractivity (Wildman–Crippen MR) is 39.7 cm³/mol. The quantitative estimate of drug-likeness (QED) is 0.673. The Labute approximate surface area is 69.2 Å². The van der Waals surface area contributed by atoms with Crippen molar-refractivity contribution in [2.45, 2.75) is 19.3 Å². The molecule has 0 bridgehead atoms. The summed E-state index contributed by atoms with van der Waals surface area (Å²) in [6, 6.07) is 0. The molecule has 0 amide bonds. The Morgan fingerprint density at radius 3 is 3.33 bits per heavy atom. The smallest absolute Gasteiger partial charge is 0.306 e. The molecule has 0 saturated carbocycles. The van der Waals surface area contributed by atoms with E-state index in [4.69, 9.17) is 9.52 Å². The van der Waals surface area contributed by atoms with Crippen molar-refractivity contribution in [3.8, 4) is 0 Å². The van der Waals surface area contributed by atoms with Crippen molar-refractivity contribution in [3.05, 3.63) is 17.8 Å². The number of carboxylic acid groups (broad SMARTS) is 1. The average Bonchev–Trinajstić information content (AvgIpc) is 2.49. The molecule has 12 heavy (non-hydrogen) atoms. The van der Waals surface area contributed by atoms with E-state index in [9.17, 15) is 4.79 Å². The molecule has 64 valence electrons. The molecule has 1 aromatic rings. The van der Waals surface area contributed by atoms with E-state index in [0.717, 1.165) is 17.9 Å². The zero-order valence-corrected chi connectivity index (χ0v) is 6.49. The number of rotatable bonds is 1. The van der Waals surface area contributed by atoms with Crippen LogP contribution in [0.15, 0.2) is 10.8 Å². The van der Waals surface area contributed by atoms with Crippen molar-refractivity contribution in [1.82, 2.24) is 4.98 Å². The Bertz CT molecular complexity index is 305. The summed E-state index contributed by atoms with van der Waals surface area (Å²) >= 11 is 0. The maximum absolute atomic E-state index is 10.6. The van der Waals surface area contributed by atoms with Crippen LogP contribution in [-0.4, -0.2) is 16.1 Å². The predicted octanol–water partition coefficient (Wildman–Crippen LogP) is 0.864. The first-order valence-electron chi connectivity index (χ1n) is 3.91. The number of aliphatic carboxylic acids is 1. The lowest BCUT2D eigenvalue weighted by atomic mass is 9.91. The van der Waals surface area contributed by atoms with Crippen LogP contribution in [0.1, 0.15) is 17.9 Å². The van der Waals surface area contributed by atoms with Gasteiger partial charge in [0.15, 0.2) is 6.39 Å². The minimum Gasteiger partial charge on any atom is -0.481 e. The zero-order chi connectivity index (χ0) is 8.55. The number of fused-ring (bicyclic) bond motifs is 1. The van der Waals surface area contributed by atoms with Crippen molar-refractivity contribution in [2.75, 3.05) is 0 Å².